The van der Waals surface area contributed by atoms with E-state index in [2.05, 4.69) is 10.8 Å². The molecule has 0 radical (unpaired) electrons. The van der Waals surface area contributed by atoms with E-state index >= 15 is 0 Å². The Morgan fingerprint density at radius 1 is 1.15 bits per heavy atom. The molecule has 0 spiro atoms. The molecule has 2 unspecified atom stereocenters. The van der Waals surface area contributed by atoms with Crippen LogP contribution in [0.1, 0.15) is 58.1 Å². The van der Waals surface area contributed by atoms with Gasteiger partial charge in [0.25, 0.3) is 0 Å². The summed E-state index contributed by atoms with van der Waals surface area (Å²) in [5, 5.41) is 8.87. The highest BCUT2D eigenvalue weighted by Crippen LogP contribution is 2.32. The van der Waals surface area contributed by atoms with Crippen LogP contribution in [-0.4, -0.2) is 49.4 Å². The molecule has 34 heavy (non-hydrogen) atoms. The summed E-state index contributed by atoms with van der Waals surface area (Å²) in [6.45, 7) is 9.51. The fourth-order valence-corrected chi connectivity index (χ4v) is 4.99. The van der Waals surface area contributed by atoms with Gasteiger partial charge in [-0.2, -0.15) is 5.26 Å². The van der Waals surface area contributed by atoms with E-state index in [4.69, 9.17) is 4.74 Å². The first-order valence-electron chi connectivity index (χ1n) is 11.5. The third kappa shape index (κ3) is 6.16. The highest BCUT2D eigenvalue weighted by atomic mass is 32.2. The SMILES string of the molecule is CC(C)S(=O)(=O)NC1CCN(C(=O)OC(C)(C)C)CC1c1ccc(-c2ccccc2C#N)cc1. The van der Waals surface area contributed by atoms with E-state index in [1.54, 1.807) is 24.8 Å². The zero-order valence-corrected chi connectivity index (χ0v) is 21.2. The smallest absolute Gasteiger partial charge is 0.410 e. The van der Waals surface area contributed by atoms with Crippen LogP contribution in [0.5, 0.6) is 0 Å². The second-order valence-corrected chi connectivity index (χ2v) is 12.2. The van der Waals surface area contributed by atoms with Crippen molar-refractivity contribution in [1.82, 2.24) is 9.62 Å². The summed E-state index contributed by atoms with van der Waals surface area (Å²) in [6, 6.07) is 17.0. The van der Waals surface area contributed by atoms with Crippen LogP contribution in [0, 0.1) is 11.3 Å². The summed E-state index contributed by atoms with van der Waals surface area (Å²) < 4.78 is 33.7. The molecule has 0 saturated carbocycles. The number of hydrogen-bond donors (Lipinski definition) is 1. The van der Waals surface area contributed by atoms with Crippen molar-refractivity contribution < 1.29 is 17.9 Å². The predicted octanol–water partition coefficient (Wildman–Crippen LogP) is 4.65. The molecule has 1 fully saturated rings. The van der Waals surface area contributed by atoms with E-state index in [1.807, 2.05) is 63.2 Å². The van der Waals surface area contributed by atoms with Gasteiger partial charge in [-0.25, -0.2) is 17.9 Å². The highest BCUT2D eigenvalue weighted by molar-refractivity contribution is 7.90. The molecule has 1 aliphatic heterocycles. The average Bonchev–Trinajstić information content (AvgIpc) is 2.78. The fourth-order valence-electron chi connectivity index (χ4n) is 4.01. The Hall–Kier alpha value is -2.89. The van der Waals surface area contributed by atoms with Gasteiger partial charge < -0.3 is 9.64 Å². The van der Waals surface area contributed by atoms with Gasteiger partial charge in [0.2, 0.25) is 10.0 Å². The Kier molecular flexibility index (Phi) is 7.69. The van der Waals surface area contributed by atoms with Crippen LogP contribution >= 0.6 is 0 Å². The second-order valence-electron chi connectivity index (χ2n) is 9.92. The lowest BCUT2D eigenvalue weighted by atomic mass is 9.85. The van der Waals surface area contributed by atoms with Crippen molar-refractivity contribution in [3.63, 3.8) is 0 Å². The molecular formula is C26H33N3O4S. The Labute approximate surface area is 202 Å². The minimum atomic E-state index is -3.49. The molecule has 1 N–H and O–H groups in total. The first kappa shape index (κ1) is 25.7. The fraction of sp³-hybridized carbons (Fsp3) is 0.462. The van der Waals surface area contributed by atoms with E-state index in [1.165, 1.54) is 0 Å². The van der Waals surface area contributed by atoms with Crippen LogP contribution in [-0.2, 0) is 14.8 Å². The summed E-state index contributed by atoms with van der Waals surface area (Å²) in [5.74, 6) is -0.241. The van der Waals surface area contributed by atoms with Crippen molar-refractivity contribution in [3.05, 3.63) is 59.7 Å². The van der Waals surface area contributed by atoms with Gasteiger partial charge in [0.1, 0.15) is 5.60 Å². The summed E-state index contributed by atoms with van der Waals surface area (Å²) in [4.78, 5) is 14.4. The maximum absolute atomic E-state index is 12.7. The number of carbonyl (C=O) groups excluding carboxylic acids is 1. The van der Waals surface area contributed by atoms with Gasteiger partial charge >= 0.3 is 6.09 Å². The number of carbonyl (C=O) groups is 1. The molecule has 1 heterocycles. The van der Waals surface area contributed by atoms with Crippen LogP contribution < -0.4 is 4.72 Å². The number of nitrogens with one attached hydrogen (secondary N) is 1. The molecule has 0 aliphatic carbocycles. The van der Waals surface area contributed by atoms with Crippen LogP contribution in [0.4, 0.5) is 4.79 Å². The number of sulfonamides is 1. The molecule has 2 aromatic rings. The minimum Gasteiger partial charge on any atom is -0.444 e. The number of amides is 1. The van der Waals surface area contributed by atoms with E-state index < -0.39 is 27.0 Å². The number of nitrogens with zero attached hydrogens (tertiary/aromatic N) is 2. The zero-order valence-electron chi connectivity index (χ0n) is 20.4. The normalized spacial score (nSPS) is 19.0. The quantitative estimate of drug-likeness (QED) is 0.668. The number of likely N-dealkylation sites (tertiary alicyclic amines) is 1. The number of rotatable bonds is 5. The van der Waals surface area contributed by atoms with Crippen LogP contribution in [0.3, 0.4) is 0 Å². The average molecular weight is 484 g/mol. The predicted molar refractivity (Wildman–Crippen MR) is 133 cm³/mol. The maximum Gasteiger partial charge on any atom is 0.410 e. The molecule has 1 saturated heterocycles. The lowest BCUT2D eigenvalue weighted by Gasteiger charge is -2.39. The monoisotopic (exact) mass is 483 g/mol. The van der Waals surface area contributed by atoms with Gasteiger partial charge in [-0.3, -0.25) is 0 Å². The minimum absolute atomic E-state index is 0.241. The molecule has 2 atom stereocenters. The maximum atomic E-state index is 12.7. The molecule has 8 heteroatoms. The molecule has 3 rings (SSSR count). The lowest BCUT2D eigenvalue weighted by Crippen LogP contribution is -2.53. The standard InChI is InChI=1S/C26H33N3O4S/c1-18(2)34(31,32)28-24-14-15-29(25(30)33-26(3,4)5)17-23(24)20-12-10-19(11-13-20)22-9-7-6-8-21(22)16-27/h6-13,18,23-24,28H,14-15,17H2,1-5H3. The van der Waals surface area contributed by atoms with Crippen molar-refractivity contribution in [2.75, 3.05) is 13.1 Å². The molecule has 1 aliphatic rings. The van der Waals surface area contributed by atoms with Crippen molar-refractivity contribution in [1.29, 1.82) is 5.26 Å². The van der Waals surface area contributed by atoms with E-state index in [-0.39, 0.29) is 12.0 Å². The second kappa shape index (κ2) is 10.2. The molecule has 0 bridgehead atoms. The largest absolute Gasteiger partial charge is 0.444 e. The van der Waals surface area contributed by atoms with Gasteiger partial charge in [-0.15, -0.1) is 0 Å². The third-order valence-electron chi connectivity index (χ3n) is 5.90. The summed E-state index contributed by atoms with van der Waals surface area (Å²) >= 11 is 0. The first-order chi connectivity index (χ1) is 15.9. The molecular weight excluding hydrogens is 450 g/mol. The Bertz CT molecular complexity index is 1160. The van der Waals surface area contributed by atoms with E-state index in [0.29, 0.717) is 25.1 Å². The highest BCUT2D eigenvalue weighted by Gasteiger charge is 2.37. The number of benzene rings is 2. The van der Waals surface area contributed by atoms with Gasteiger partial charge in [0.05, 0.1) is 16.9 Å². The van der Waals surface area contributed by atoms with E-state index in [9.17, 15) is 18.5 Å². The first-order valence-corrected chi connectivity index (χ1v) is 13.0. The van der Waals surface area contributed by atoms with E-state index in [0.717, 1.165) is 16.7 Å². The summed E-state index contributed by atoms with van der Waals surface area (Å²) in [5.41, 5.74) is 2.64. The third-order valence-corrected chi connectivity index (χ3v) is 7.77. The lowest BCUT2D eigenvalue weighted by molar-refractivity contribution is 0.0182. The van der Waals surface area contributed by atoms with Gasteiger partial charge in [-0.05, 0) is 63.8 Å². The number of piperidine rings is 1. The van der Waals surface area contributed by atoms with Crippen molar-refractivity contribution in [2.45, 2.75) is 63.9 Å². The Balaban J connectivity index is 1.91. The van der Waals surface area contributed by atoms with Crippen molar-refractivity contribution >= 4 is 16.1 Å². The van der Waals surface area contributed by atoms with Crippen LogP contribution in [0.2, 0.25) is 0 Å². The topological polar surface area (TPSA) is 99.5 Å². The Morgan fingerprint density at radius 2 is 1.79 bits per heavy atom. The molecule has 2 aromatic carbocycles. The van der Waals surface area contributed by atoms with Crippen LogP contribution in [0.15, 0.2) is 48.5 Å². The Morgan fingerprint density at radius 3 is 2.38 bits per heavy atom. The number of nitriles is 1. The van der Waals surface area contributed by atoms with Crippen LogP contribution in [0.25, 0.3) is 11.1 Å². The number of ether oxygens (including phenoxy) is 1. The van der Waals surface area contributed by atoms with Gasteiger partial charge in [0, 0.05) is 25.0 Å². The summed E-state index contributed by atoms with van der Waals surface area (Å²) in [6.07, 6.45) is 0.0803. The zero-order chi connectivity index (χ0) is 25.1. The molecule has 182 valence electrons. The van der Waals surface area contributed by atoms with Crippen molar-refractivity contribution in [3.8, 4) is 17.2 Å². The van der Waals surface area contributed by atoms with Gasteiger partial charge in [0.15, 0.2) is 0 Å². The number of hydrogen-bond acceptors (Lipinski definition) is 5. The van der Waals surface area contributed by atoms with Crippen molar-refractivity contribution in [2.24, 2.45) is 0 Å². The summed E-state index contributed by atoms with van der Waals surface area (Å²) in [7, 11) is -3.49. The molecule has 1 amide bonds. The molecule has 0 aromatic heterocycles. The molecule has 7 nitrogen and oxygen atoms in total. The van der Waals surface area contributed by atoms with Gasteiger partial charge in [-0.1, -0.05) is 42.5 Å².